The van der Waals surface area contributed by atoms with Gasteiger partial charge in [0.1, 0.15) is 5.75 Å². The Labute approximate surface area is 82.1 Å². The van der Waals surface area contributed by atoms with E-state index in [1.807, 2.05) is 0 Å². The van der Waals surface area contributed by atoms with Gasteiger partial charge in [0.2, 0.25) is 0 Å². The van der Waals surface area contributed by atoms with E-state index in [1.54, 1.807) is 30.3 Å². The number of methoxy groups -OCH3 is 1. The first-order chi connectivity index (χ1) is 6.56. The molecule has 0 radical (unpaired) electrons. The normalized spacial score (nSPS) is 14.2. The second-order valence-corrected chi connectivity index (χ2v) is 2.89. The molecule has 0 aliphatic heterocycles. The monoisotopic (exact) mass is 196 g/mol. The van der Waals surface area contributed by atoms with Gasteiger partial charge in [-0.05, 0) is 12.1 Å². The number of hydrogen-bond donors (Lipinski definition) is 1. The Morgan fingerprint density at radius 2 is 1.93 bits per heavy atom. The van der Waals surface area contributed by atoms with E-state index in [9.17, 15) is 9.90 Å². The van der Waals surface area contributed by atoms with Gasteiger partial charge in [0.25, 0.3) is 0 Å². The van der Waals surface area contributed by atoms with E-state index in [-0.39, 0.29) is 0 Å². The minimum Gasteiger partial charge on any atom is -0.464 e. The number of esters is 1. The van der Waals surface area contributed by atoms with Crippen LogP contribution < -0.4 is 4.74 Å². The van der Waals surface area contributed by atoms with Crippen LogP contribution >= 0.6 is 0 Å². The third-order valence-electron chi connectivity index (χ3n) is 1.62. The second-order valence-electron chi connectivity index (χ2n) is 2.89. The highest BCUT2D eigenvalue weighted by Crippen LogP contribution is 2.16. The number of aliphatic hydroxyl groups is 1. The highest BCUT2D eigenvalue weighted by Gasteiger charge is 2.33. The zero-order valence-electron chi connectivity index (χ0n) is 8.06. The van der Waals surface area contributed by atoms with Crippen LogP contribution in [0, 0.1) is 0 Å². The van der Waals surface area contributed by atoms with E-state index in [0.717, 1.165) is 0 Å². The maximum atomic E-state index is 11.0. The Morgan fingerprint density at radius 1 is 1.36 bits per heavy atom. The molecule has 14 heavy (non-hydrogen) atoms. The Hall–Kier alpha value is -1.55. The maximum Gasteiger partial charge on any atom is 0.378 e. The molecule has 1 atom stereocenters. The van der Waals surface area contributed by atoms with E-state index in [2.05, 4.69) is 4.74 Å². The molecule has 4 heteroatoms. The predicted molar refractivity (Wildman–Crippen MR) is 49.7 cm³/mol. The Kier molecular flexibility index (Phi) is 3.09. The first-order valence-electron chi connectivity index (χ1n) is 4.11. The molecule has 0 saturated heterocycles. The lowest BCUT2D eigenvalue weighted by molar-refractivity contribution is -0.191. The topological polar surface area (TPSA) is 55.8 Å². The highest BCUT2D eigenvalue weighted by molar-refractivity contribution is 5.77. The molecule has 76 valence electrons. The summed E-state index contributed by atoms with van der Waals surface area (Å²) in [5.41, 5.74) is 0. The van der Waals surface area contributed by atoms with Crippen molar-refractivity contribution in [3.63, 3.8) is 0 Å². The van der Waals surface area contributed by atoms with Crippen molar-refractivity contribution in [3.8, 4) is 5.75 Å². The first kappa shape index (κ1) is 10.5. The Bertz CT molecular complexity index is 305. The van der Waals surface area contributed by atoms with Crippen LogP contribution in [-0.2, 0) is 9.53 Å². The zero-order valence-corrected chi connectivity index (χ0v) is 8.06. The third kappa shape index (κ3) is 2.47. The van der Waals surface area contributed by atoms with Crippen LogP contribution in [0.15, 0.2) is 30.3 Å². The van der Waals surface area contributed by atoms with Gasteiger partial charge in [-0.3, -0.25) is 0 Å². The van der Waals surface area contributed by atoms with E-state index >= 15 is 0 Å². The van der Waals surface area contributed by atoms with Crippen LogP contribution in [0.1, 0.15) is 6.92 Å². The van der Waals surface area contributed by atoms with Crippen LogP contribution in [0.4, 0.5) is 0 Å². The zero-order chi connectivity index (χ0) is 10.6. The molecule has 1 unspecified atom stereocenters. The van der Waals surface area contributed by atoms with Gasteiger partial charge < -0.3 is 14.6 Å². The average molecular weight is 196 g/mol. The summed E-state index contributed by atoms with van der Waals surface area (Å²) in [6.45, 7) is 1.23. The number of para-hydroxylation sites is 1. The fraction of sp³-hybridized carbons (Fsp3) is 0.300. The van der Waals surface area contributed by atoms with Crippen LogP contribution in [0.3, 0.4) is 0 Å². The summed E-state index contributed by atoms with van der Waals surface area (Å²) in [6, 6.07) is 8.56. The van der Waals surface area contributed by atoms with Gasteiger partial charge in [0.15, 0.2) is 0 Å². The molecule has 0 aliphatic rings. The minimum absolute atomic E-state index is 0.405. The van der Waals surface area contributed by atoms with Crippen molar-refractivity contribution in [2.75, 3.05) is 7.11 Å². The van der Waals surface area contributed by atoms with Gasteiger partial charge in [-0.25, -0.2) is 4.79 Å². The van der Waals surface area contributed by atoms with Crippen molar-refractivity contribution in [3.05, 3.63) is 30.3 Å². The van der Waals surface area contributed by atoms with Gasteiger partial charge in [0.05, 0.1) is 7.11 Å². The molecule has 0 spiro atoms. The van der Waals surface area contributed by atoms with E-state index in [1.165, 1.54) is 14.0 Å². The fourth-order valence-electron chi connectivity index (χ4n) is 0.949. The lowest BCUT2D eigenvalue weighted by Gasteiger charge is -2.21. The van der Waals surface area contributed by atoms with Crippen molar-refractivity contribution < 1.29 is 19.4 Å². The van der Waals surface area contributed by atoms with Crippen molar-refractivity contribution >= 4 is 5.97 Å². The summed E-state index contributed by atoms with van der Waals surface area (Å²) in [5, 5.41) is 9.54. The molecule has 0 saturated carbocycles. The minimum atomic E-state index is -1.95. The number of hydrogen-bond acceptors (Lipinski definition) is 4. The van der Waals surface area contributed by atoms with Crippen molar-refractivity contribution in [1.29, 1.82) is 0 Å². The number of carbonyl (C=O) groups excluding carboxylic acids is 1. The second kappa shape index (κ2) is 4.11. The lowest BCUT2D eigenvalue weighted by atomic mass is 10.3. The third-order valence-corrected chi connectivity index (χ3v) is 1.62. The van der Waals surface area contributed by atoms with Crippen LogP contribution in [0.5, 0.6) is 5.75 Å². The summed E-state index contributed by atoms with van der Waals surface area (Å²) >= 11 is 0. The van der Waals surface area contributed by atoms with Crippen LogP contribution in [0.2, 0.25) is 0 Å². The number of benzene rings is 1. The van der Waals surface area contributed by atoms with E-state index in [0.29, 0.717) is 5.75 Å². The van der Waals surface area contributed by atoms with Crippen molar-refractivity contribution in [2.24, 2.45) is 0 Å². The quantitative estimate of drug-likeness (QED) is 0.577. The van der Waals surface area contributed by atoms with Crippen molar-refractivity contribution in [1.82, 2.24) is 0 Å². The summed E-state index contributed by atoms with van der Waals surface area (Å²) < 4.78 is 9.41. The summed E-state index contributed by atoms with van der Waals surface area (Å²) in [6.07, 6.45) is 0. The summed E-state index contributed by atoms with van der Waals surface area (Å²) in [5.74, 6) is -2.37. The smallest absolute Gasteiger partial charge is 0.378 e. The Balaban J connectivity index is 2.73. The van der Waals surface area contributed by atoms with Gasteiger partial charge >= 0.3 is 11.8 Å². The molecule has 0 heterocycles. The first-order valence-corrected chi connectivity index (χ1v) is 4.11. The maximum absolute atomic E-state index is 11.0. The SMILES string of the molecule is COC(=O)C(C)(O)Oc1ccccc1. The van der Waals surface area contributed by atoms with Crippen molar-refractivity contribution in [2.45, 2.75) is 12.7 Å². The van der Waals surface area contributed by atoms with Crippen LogP contribution in [0.25, 0.3) is 0 Å². The Morgan fingerprint density at radius 3 is 2.43 bits per heavy atom. The molecule has 1 aromatic rings. The van der Waals surface area contributed by atoms with E-state index < -0.39 is 11.8 Å². The van der Waals surface area contributed by atoms with Crippen LogP contribution in [-0.4, -0.2) is 24.0 Å². The molecule has 0 amide bonds. The summed E-state index contributed by atoms with van der Waals surface area (Å²) in [7, 11) is 1.19. The molecule has 0 bridgehead atoms. The number of carbonyl (C=O) groups is 1. The molecule has 1 aromatic carbocycles. The molecule has 0 fully saturated rings. The predicted octanol–water partition coefficient (Wildman–Crippen LogP) is 0.947. The summed E-state index contributed by atoms with van der Waals surface area (Å²) in [4.78, 5) is 11.0. The molecule has 1 N–H and O–H groups in total. The largest absolute Gasteiger partial charge is 0.464 e. The molecule has 4 nitrogen and oxygen atoms in total. The molecule has 1 rings (SSSR count). The molecule has 0 aromatic heterocycles. The fourth-order valence-corrected chi connectivity index (χ4v) is 0.949. The number of rotatable bonds is 3. The van der Waals surface area contributed by atoms with Gasteiger partial charge in [-0.2, -0.15) is 0 Å². The van der Waals surface area contributed by atoms with Gasteiger partial charge in [-0.15, -0.1) is 0 Å². The lowest BCUT2D eigenvalue weighted by Crippen LogP contribution is -2.42. The number of ether oxygens (including phenoxy) is 2. The molecular formula is C10H12O4. The standard InChI is InChI=1S/C10H12O4/c1-10(12,9(11)13-2)14-8-6-4-3-5-7-8/h3-7,12H,1-2H3. The van der Waals surface area contributed by atoms with E-state index in [4.69, 9.17) is 4.74 Å². The average Bonchev–Trinajstić information content (AvgIpc) is 2.17. The molecular weight excluding hydrogens is 184 g/mol. The highest BCUT2D eigenvalue weighted by atomic mass is 16.7. The molecule has 0 aliphatic carbocycles. The van der Waals surface area contributed by atoms with Gasteiger partial charge in [-0.1, -0.05) is 18.2 Å². The van der Waals surface area contributed by atoms with Gasteiger partial charge in [0, 0.05) is 6.92 Å².